The van der Waals surface area contributed by atoms with Gasteiger partial charge in [-0.3, -0.25) is 4.79 Å². The first-order valence-electron chi connectivity index (χ1n) is 11.1. The molecule has 0 bridgehead atoms. The number of halogens is 2. The molecule has 3 aromatic heterocycles. The van der Waals surface area contributed by atoms with E-state index in [0.29, 0.717) is 48.3 Å². The Kier molecular flexibility index (Phi) is 5.05. The smallest absolute Gasteiger partial charge is 0.227 e. The van der Waals surface area contributed by atoms with E-state index in [1.165, 1.54) is 4.63 Å². The van der Waals surface area contributed by atoms with Gasteiger partial charge in [0, 0.05) is 24.7 Å². The van der Waals surface area contributed by atoms with Gasteiger partial charge in [-0.2, -0.15) is 0 Å². The van der Waals surface area contributed by atoms with Crippen molar-refractivity contribution < 1.29 is 13.6 Å². The number of carbonyl (C=O) groups is 1. The number of rotatable bonds is 4. The Morgan fingerprint density at radius 1 is 1.06 bits per heavy atom. The van der Waals surface area contributed by atoms with Gasteiger partial charge in [-0.1, -0.05) is 0 Å². The maximum absolute atomic E-state index is 14.1. The minimum absolute atomic E-state index is 0.0484. The summed E-state index contributed by atoms with van der Waals surface area (Å²) in [7, 11) is 0. The van der Waals surface area contributed by atoms with Crippen molar-refractivity contribution in [3.8, 4) is 11.4 Å². The molecule has 10 nitrogen and oxygen atoms in total. The van der Waals surface area contributed by atoms with Gasteiger partial charge in [-0.25, -0.2) is 13.8 Å². The van der Waals surface area contributed by atoms with Gasteiger partial charge in [0.1, 0.15) is 17.5 Å². The molecule has 0 saturated carbocycles. The number of piperidine rings is 1. The highest BCUT2D eigenvalue weighted by Gasteiger charge is 2.26. The number of imidazole rings is 1. The fraction of sp³-hybridized carbons (Fsp3) is 0.217. The van der Waals surface area contributed by atoms with E-state index in [2.05, 4.69) is 40.8 Å². The fourth-order valence-electron chi connectivity index (χ4n) is 4.32. The molecule has 6 rings (SSSR count). The van der Waals surface area contributed by atoms with E-state index in [4.69, 9.17) is 0 Å². The zero-order valence-electron chi connectivity index (χ0n) is 18.3. The number of aromatic nitrogens is 7. The highest BCUT2D eigenvalue weighted by Crippen LogP contribution is 2.27. The number of carbonyl (C=O) groups excluding carboxylic acids is 1. The Hall–Kier alpha value is -4.48. The second-order valence-electron chi connectivity index (χ2n) is 8.41. The van der Waals surface area contributed by atoms with Crippen molar-refractivity contribution in [1.29, 1.82) is 0 Å². The van der Waals surface area contributed by atoms with Crippen LogP contribution in [0.4, 0.5) is 20.3 Å². The zero-order valence-corrected chi connectivity index (χ0v) is 18.3. The van der Waals surface area contributed by atoms with E-state index >= 15 is 0 Å². The van der Waals surface area contributed by atoms with Crippen LogP contribution in [0.25, 0.3) is 28.1 Å². The first kappa shape index (κ1) is 21.1. The van der Waals surface area contributed by atoms with Crippen molar-refractivity contribution in [1.82, 2.24) is 35.2 Å². The molecule has 1 amide bonds. The van der Waals surface area contributed by atoms with Crippen molar-refractivity contribution in [2.75, 3.05) is 23.3 Å². The van der Waals surface area contributed by atoms with Crippen LogP contribution >= 0.6 is 0 Å². The zero-order chi connectivity index (χ0) is 23.9. The fourth-order valence-corrected chi connectivity index (χ4v) is 4.32. The summed E-state index contributed by atoms with van der Waals surface area (Å²) in [5, 5.41) is 18.6. The third kappa shape index (κ3) is 4.03. The number of H-pyrrole nitrogens is 1. The standard InChI is InChI=1S/C23H19F2N9O/c24-14-1-3-17(25)16(11-14)22-27-18-4-2-15(12-19(18)28-22)26-23(35)13-7-9-33(10-8-13)21-6-5-20-29-31-32-34(20)30-21/h1-6,11-13H,7-10H2,(H,26,35)(H,27,28). The van der Waals surface area contributed by atoms with Crippen LogP contribution in [0, 0.1) is 17.6 Å². The molecule has 176 valence electrons. The minimum atomic E-state index is -0.571. The van der Waals surface area contributed by atoms with E-state index in [-0.39, 0.29) is 23.2 Å². The van der Waals surface area contributed by atoms with Crippen molar-refractivity contribution in [3.63, 3.8) is 0 Å². The topological polar surface area (TPSA) is 117 Å². The molecule has 0 spiro atoms. The number of tetrazole rings is 1. The lowest BCUT2D eigenvalue weighted by atomic mass is 9.96. The molecule has 0 atom stereocenters. The first-order valence-corrected chi connectivity index (χ1v) is 11.1. The van der Waals surface area contributed by atoms with Gasteiger partial charge in [-0.15, -0.1) is 14.8 Å². The molecule has 0 unspecified atom stereocenters. The summed E-state index contributed by atoms with van der Waals surface area (Å²) in [5.41, 5.74) is 2.42. The predicted octanol–water partition coefficient (Wildman–Crippen LogP) is 3.20. The number of fused-ring (bicyclic) bond motifs is 2. The molecule has 12 heteroatoms. The van der Waals surface area contributed by atoms with Gasteiger partial charge in [0.25, 0.3) is 0 Å². The highest BCUT2D eigenvalue weighted by molar-refractivity contribution is 5.95. The Balaban J connectivity index is 1.13. The minimum Gasteiger partial charge on any atom is -0.355 e. The van der Waals surface area contributed by atoms with Gasteiger partial charge in [0.05, 0.1) is 16.6 Å². The van der Waals surface area contributed by atoms with Crippen molar-refractivity contribution >= 4 is 34.1 Å². The van der Waals surface area contributed by atoms with Gasteiger partial charge in [-0.05, 0) is 71.8 Å². The summed E-state index contributed by atoms with van der Waals surface area (Å²) in [6.45, 7) is 1.36. The average Bonchev–Trinajstić information content (AvgIpc) is 3.51. The van der Waals surface area contributed by atoms with Crippen LogP contribution in [0.3, 0.4) is 0 Å². The largest absolute Gasteiger partial charge is 0.355 e. The first-order chi connectivity index (χ1) is 17.0. The molecule has 1 aliphatic rings. The maximum Gasteiger partial charge on any atom is 0.227 e. The molecule has 1 aliphatic heterocycles. The number of hydrogen-bond acceptors (Lipinski definition) is 7. The van der Waals surface area contributed by atoms with Crippen LogP contribution in [0.2, 0.25) is 0 Å². The number of benzene rings is 2. The summed E-state index contributed by atoms with van der Waals surface area (Å²) in [5.74, 6) is -0.340. The molecule has 2 aromatic carbocycles. The molecule has 4 heterocycles. The number of amides is 1. The molecule has 35 heavy (non-hydrogen) atoms. The van der Waals surface area contributed by atoms with Crippen LogP contribution < -0.4 is 10.2 Å². The second kappa shape index (κ2) is 8.38. The van der Waals surface area contributed by atoms with E-state index in [9.17, 15) is 13.6 Å². The molecular formula is C23H19F2N9O. The number of nitrogens with zero attached hydrogens (tertiary/aromatic N) is 7. The second-order valence-corrected chi connectivity index (χ2v) is 8.41. The number of anilines is 2. The summed E-state index contributed by atoms with van der Waals surface area (Å²) in [6, 6.07) is 12.1. The Bertz CT molecular complexity index is 1560. The molecule has 1 saturated heterocycles. The van der Waals surface area contributed by atoms with E-state index in [0.717, 1.165) is 24.0 Å². The number of nitrogens with one attached hydrogen (secondary N) is 2. The summed E-state index contributed by atoms with van der Waals surface area (Å²) in [6.07, 6.45) is 1.35. The average molecular weight is 475 g/mol. The normalized spacial score (nSPS) is 14.6. The number of aromatic amines is 1. The molecule has 0 aliphatic carbocycles. The lowest BCUT2D eigenvalue weighted by Gasteiger charge is -2.31. The van der Waals surface area contributed by atoms with Gasteiger partial charge in [0.15, 0.2) is 11.5 Å². The number of hydrogen-bond donors (Lipinski definition) is 2. The van der Waals surface area contributed by atoms with Gasteiger partial charge >= 0.3 is 0 Å². The lowest BCUT2D eigenvalue weighted by Crippen LogP contribution is -2.38. The third-order valence-corrected chi connectivity index (χ3v) is 6.18. The predicted molar refractivity (Wildman–Crippen MR) is 124 cm³/mol. The Morgan fingerprint density at radius 2 is 1.91 bits per heavy atom. The highest BCUT2D eigenvalue weighted by atomic mass is 19.1. The van der Waals surface area contributed by atoms with Crippen molar-refractivity contribution in [2.24, 2.45) is 5.92 Å². The van der Waals surface area contributed by atoms with Crippen LogP contribution in [-0.4, -0.2) is 54.2 Å². The summed E-state index contributed by atoms with van der Waals surface area (Å²) >= 11 is 0. The van der Waals surface area contributed by atoms with E-state index < -0.39 is 11.6 Å². The van der Waals surface area contributed by atoms with E-state index in [1.807, 2.05) is 6.07 Å². The SMILES string of the molecule is O=C(Nc1ccc2nc(-c3cc(F)ccc3F)[nH]c2c1)C1CCN(c2ccc3nnnn3n2)CC1. The Morgan fingerprint density at radius 3 is 2.77 bits per heavy atom. The van der Waals surface area contributed by atoms with Crippen LogP contribution in [-0.2, 0) is 4.79 Å². The summed E-state index contributed by atoms with van der Waals surface area (Å²) < 4.78 is 29.1. The lowest BCUT2D eigenvalue weighted by molar-refractivity contribution is -0.120. The molecule has 2 N–H and O–H groups in total. The van der Waals surface area contributed by atoms with Crippen LogP contribution in [0.5, 0.6) is 0 Å². The monoisotopic (exact) mass is 475 g/mol. The Labute approximate surface area is 197 Å². The maximum atomic E-state index is 14.1. The van der Waals surface area contributed by atoms with Gasteiger partial charge < -0.3 is 15.2 Å². The van der Waals surface area contributed by atoms with Crippen LogP contribution in [0.1, 0.15) is 12.8 Å². The third-order valence-electron chi connectivity index (χ3n) is 6.18. The van der Waals surface area contributed by atoms with Crippen LogP contribution in [0.15, 0.2) is 48.5 Å². The molecule has 1 fully saturated rings. The van der Waals surface area contributed by atoms with E-state index in [1.54, 1.807) is 24.3 Å². The summed E-state index contributed by atoms with van der Waals surface area (Å²) in [4.78, 5) is 22.4. The molecular weight excluding hydrogens is 456 g/mol. The molecule has 0 radical (unpaired) electrons. The molecule has 5 aromatic rings. The van der Waals surface area contributed by atoms with Gasteiger partial charge in [0.2, 0.25) is 5.91 Å². The van der Waals surface area contributed by atoms with Crippen molar-refractivity contribution in [2.45, 2.75) is 12.8 Å². The van der Waals surface area contributed by atoms with Crippen molar-refractivity contribution in [3.05, 3.63) is 60.2 Å². The quantitative estimate of drug-likeness (QED) is 0.410.